The number of hydrogen-bond donors (Lipinski definition) is 1. The second-order valence-corrected chi connectivity index (χ2v) is 2.66. The highest BCUT2D eigenvalue weighted by Crippen LogP contribution is 2.19. The van der Waals surface area contributed by atoms with Crippen molar-refractivity contribution in [2.75, 3.05) is 0 Å². The highest BCUT2D eigenvalue weighted by atomic mass is 35.5. The number of carbonyl (C=O) groups excluding carboxylic acids is 1. The third kappa shape index (κ3) is 1.07. The molecule has 2 N–H and O–H groups in total. The zero-order chi connectivity index (χ0) is 7.72. The maximum atomic E-state index is 11.0. The highest BCUT2D eigenvalue weighted by molar-refractivity contribution is 6.43. The Bertz CT molecular complexity index is 230. The summed E-state index contributed by atoms with van der Waals surface area (Å²) < 4.78 is 0. The van der Waals surface area contributed by atoms with E-state index in [4.69, 9.17) is 17.3 Å². The lowest BCUT2D eigenvalue weighted by Gasteiger charge is -2.10. The second-order valence-electron chi connectivity index (χ2n) is 2.28. The van der Waals surface area contributed by atoms with Crippen LogP contribution < -0.4 is 5.73 Å². The van der Waals surface area contributed by atoms with Crippen molar-refractivity contribution in [3.05, 3.63) is 22.9 Å². The summed E-state index contributed by atoms with van der Waals surface area (Å²) in [6, 6.07) is 0. The second kappa shape index (κ2) is 2.46. The normalized spacial score (nSPS) is 25.8. The summed E-state index contributed by atoms with van der Waals surface area (Å²) in [7, 11) is 0. The van der Waals surface area contributed by atoms with Gasteiger partial charge < -0.3 is 5.73 Å². The van der Waals surface area contributed by atoms with E-state index >= 15 is 0 Å². The highest BCUT2D eigenvalue weighted by Gasteiger charge is 2.19. The fourth-order valence-electron chi connectivity index (χ4n) is 0.751. The summed E-state index contributed by atoms with van der Waals surface area (Å²) >= 11 is 5.57. The Morgan fingerprint density at radius 2 is 2.30 bits per heavy atom. The van der Waals surface area contributed by atoms with Crippen LogP contribution in [0.3, 0.4) is 0 Å². The van der Waals surface area contributed by atoms with Crippen molar-refractivity contribution in [3.8, 4) is 0 Å². The van der Waals surface area contributed by atoms with Gasteiger partial charge in [0.2, 0.25) is 0 Å². The molecule has 0 saturated heterocycles. The van der Waals surface area contributed by atoms with E-state index in [-0.39, 0.29) is 16.7 Å². The Morgan fingerprint density at radius 3 is 2.80 bits per heavy atom. The molecule has 0 saturated carbocycles. The van der Waals surface area contributed by atoms with Gasteiger partial charge in [-0.05, 0) is 6.08 Å². The average Bonchev–Trinajstić information content (AvgIpc) is 1.93. The van der Waals surface area contributed by atoms with Gasteiger partial charge in [0.1, 0.15) is 5.03 Å². The van der Waals surface area contributed by atoms with Crippen LogP contribution in [0.2, 0.25) is 0 Å². The monoisotopic (exact) mass is 157 g/mol. The Kier molecular flexibility index (Phi) is 1.81. The van der Waals surface area contributed by atoms with Crippen molar-refractivity contribution in [1.82, 2.24) is 0 Å². The molecule has 1 aliphatic rings. The van der Waals surface area contributed by atoms with Crippen molar-refractivity contribution in [3.63, 3.8) is 0 Å². The van der Waals surface area contributed by atoms with Crippen LogP contribution >= 0.6 is 11.6 Å². The molecular weight excluding hydrogens is 150 g/mol. The number of nitrogens with two attached hydrogens (primary N) is 1. The molecule has 1 atom stereocenters. The first-order valence-electron chi connectivity index (χ1n) is 3.00. The first-order chi connectivity index (χ1) is 4.63. The molecule has 0 amide bonds. The van der Waals surface area contributed by atoms with Gasteiger partial charge in [-0.2, -0.15) is 0 Å². The molecule has 1 rings (SSSR count). The Labute approximate surface area is 64.3 Å². The molecule has 0 spiro atoms. The van der Waals surface area contributed by atoms with Gasteiger partial charge in [0.15, 0.2) is 5.78 Å². The number of rotatable bonds is 0. The number of allylic oxidation sites excluding steroid dienone is 3. The molecule has 0 unspecified atom stereocenters. The average molecular weight is 158 g/mol. The van der Waals surface area contributed by atoms with Gasteiger partial charge in [-0.15, -0.1) is 0 Å². The fraction of sp³-hybridized carbons (Fsp3) is 0.286. The van der Waals surface area contributed by atoms with E-state index in [0.29, 0.717) is 5.70 Å². The van der Waals surface area contributed by atoms with Crippen molar-refractivity contribution >= 4 is 17.4 Å². The van der Waals surface area contributed by atoms with E-state index in [0.717, 1.165) is 0 Å². The molecule has 0 bridgehead atoms. The quantitative estimate of drug-likeness (QED) is 0.574. The minimum Gasteiger partial charge on any atom is -0.397 e. The number of carbonyl (C=O) groups is 1. The molecule has 0 aromatic heterocycles. The molecule has 1 aliphatic carbocycles. The van der Waals surface area contributed by atoms with E-state index in [2.05, 4.69) is 0 Å². The zero-order valence-corrected chi connectivity index (χ0v) is 6.35. The summed E-state index contributed by atoms with van der Waals surface area (Å²) in [5.74, 6) is -0.221. The third-order valence-electron chi connectivity index (χ3n) is 1.45. The van der Waals surface area contributed by atoms with Crippen molar-refractivity contribution < 1.29 is 4.79 Å². The lowest BCUT2D eigenvalue weighted by Crippen LogP contribution is -2.16. The van der Waals surface area contributed by atoms with Crippen LogP contribution in [0.4, 0.5) is 0 Å². The molecule has 0 heterocycles. The van der Waals surface area contributed by atoms with E-state index in [9.17, 15) is 4.79 Å². The number of hydrogen-bond acceptors (Lipinski definition) is 2. The Balaban J connectivity index is 3.00. The number of halogens is 1. The fourth-order valence-corrected chi connectivity index (χ4v) is 0.986. The molecule has 0 aromatic rings. The van der Waals surface area contributed by atoms with Crippen LogP contribution in [0.25, 0.3) is 0 Å². The Hall–Kier alpha value is -0.760. The van der Waals surface area contributed by atoms with Gasteiger partial charge >= 0.3 is 0 Å². The molecule has 2 nitrogen and oxygen atoms in total. The van der Waals surface area contributed by atoms with Gasteiger partial charge in [0.25, 0.3) is 0 Å². The summed E-state index contributed by atoms with van der Waals surface area (Å²) in [6.07, 6.45) is 3.40. The lowest BCUT2D eigenvalue weighted by molar-refractivity contribution is -0.117. The first-order valence-corrected chi connectivity index (χ1v) is 3.38. The largest absolute Gasteiger partial charge is 0.397 e. The maximum absolute atomic E-state index is 11.0. The van der Waals surface area contributed by atoms with Gasteiger partial charge in [0, 0.05) is 5.92 Å². The van der Waals surface area contributed by atoms with E-state index in [1.807, 2.05) is 0 Å². The van der Waals surface area contributed by atoms with Crippen molar-refractivity contribution in [2.45, 2.75) is 6.92 Å². The summed E-state index contributed by atoms with van der Waals surface area (Å²) in [5.41, 5.74) is 5.74. The van der Waals surface area contributed by atoms with Gasteiger partial charge in [0.05, 0.1) is 5.70 Å². The first kappa shape index (κ1) is 7.35. The minimum absolute atomic E-state index is 0.0957. The van der Waals surface area contributed by atoms with Crippen LogP contribution in [0.15, 0.2) is 22.9 Å². The molecule has 10 heavy (non-hydrogen) atoms. The maximum Gasteiger partial charge on any atom is 0.182 e. The molecule has 3 heteroatoms. The third-order valence-corrected chi connectivity index (χ3v) is 1.85. The predicted molar refractivity (Wildman–Crippen MR) is 40.4 cm³/mol. The van der Waals surface area contributed by atoms with Gasteiger partial charge in [-0.1, -0.05) is 24.6 Å². The minimum atomic E-state index is -0.125. The molecular formula is C7H8ClNO. The lowest BCUT2D eigenvalue weighted by atomic mass is 10.0. The molecule has 0 aliphatic heterocycles. The summed E-state index contributed by atoms with van der Waals surface area (Å²) in [5, 5.41) is 0.162. The standard InChI is InChI=1S/C7H8ClNO/c1-4-2-3-5(9)6(8)7(4)10/h2-4H,9H2,1H3/t4-/m1/s1. The van der Waals surface area contributed by atoms with Crippen LogP contribution in [0.1, 0.15) is 6.92 Å². The van der Waals surface area contributed by atoms with E-state index in [1.165, 1.54) is 0 Å². The zero-order valence-electron chi connectivity index (χ0n) is 5.60. The van der Waals surface area contributed by atoms with E-state index < -0.39 is 0 Å². The van der Waals surface area contributed by atoms with Crippen LogP contribution in [-0.4, -0.2) is 5.78 Å². The van der Waals surface area contributed by atoms with Gasteiger partial charge in [-0.25, -0.2) is 0 Å². The Morgan fingerprint density at radius 1 is 1.70 bits per heavy atom. The summed E-state index contributed by atoms with van der Waals surface area (Å²) in [6.45, 7) is 1.79. The molecule has 0 aromatic carbocycles. The van der Waals surface area contributed by atoms with Gasteiger partial charge in [-0.3, -0.25) is 4.79 Å². The molecule has 54 valence electrons. The predicted octanol–water partition coefficient (Wildman–Crippen LogP) is 1.17. The number of Topliss-reactive ketones (excluding diaryl/α,β-unsaturated/α-hetero) is 1. The smallest absolute Gasteiger partial charge is 0.182 e. The van der Waals surface area contributed by atoms with Crippen LogP contribution in [0, 0.1) is 5.92 Å². The van der Waals surface area contributed by atoms with E-state index in [1.54, 1.807) is 19.1 Å². The van der Waals surface area contributed by atoms with Crippen LogP contribution in [0.5, 0.6) is 0 Å². The molecule has 0 radical (unpaired) electrons. The van der Waals surface area contributed by atoms with Crippen molar-refractivity contribution in [1.29, 1.82) is 0 Å². The van der Waals surface area contributed by atoms with Crippen LogP contribution in [-0.2, 0) is 4.79 Å². The topological polar surface area (TPSA) is 43.1 Å². The molecule has 0 fully saturated rings. The SMILES string of the molecule is C[C@@H]1C=CC(N)=C(Cl)C1=O. The van der Waals surface area contributed by atoms with Crippen molar-refractivity contribution in [2.24, 2.45) is 11.7 Å². The number of ketones is 1. The summed E-state index contributed by atoms with van der Waals surface area (Å²) in [4.78, 5) is 11.0.